The van der Waals surface area contributed by atoms with Crippen LogP contribution in [0.5, 0.6) is 0 Å². The van der Waals surface area contributed by atoms with Gasteiger partial charge in [-0.05, 0) is 103 Å². The van der Waals surface area contributed by atoms with Crippen LogP contribution in [-0.2, 0) is 0 Å². The number of anilines is 1. The lowest BCUT2D eigenvalue weighted by Crippen LogP contribution is -2.14. The Morgan fingerprint density at radius 3 is 2.12 bits per heavy atom. The van der Waals surface area contributed by atoms with Gasteiger partial charge in [-0.25, -0.2) is 0 Å². The molecule has 0 aliphatic heterocycles. The number of hydrogen-bond donors (Lipinski definition) is 1. The highest BCUT2D eigenvalue weighted by molar-refractivity contribution is 6.04. The van der Waals surface area contributed by atoms with Gasteiger partial charge in [0.15, 0.2) is 0 Å². The molecule has 2 heteroatoms. The Morgan fingerprint density at radius 2 is 1.47 bits per heavy atom. The van der Waals surface area contributed by atoms with E-state index in [2.05, 4.69) is 68.6 Å². The number of hydrogen-bond acceptors (Lipinski definition) is 1. The molecular weight excluding hydrogens is 414 g/mol. The highest BCUT2D eigenvalue weighted by Gasteiger charge is 2.22. The van der Waals surface area contributed by atoms with Crippen molar-refractivity contribution >= 4 is 11.6 Å². The van der Waals surface area contributed by atoms with Crippen LogP contribution in [0.2, 0.25) is 0 Å². The first-order valence-corrected chi connectivity index (χ1v) is 13.1. The van der Waals surface area contributed by atoms with E-state index in [4.69, 9.17) is 0 Å². The molecule has 3 aromatic rings. The number of amides is 1. The number of unbranched alkanes of at least 4 members (excludes halogenated alkanes) is 2. The van der Waals surface area contributed by atoms with Crippen molar-refractivity contribution in [3.05, 3.63) is 89.0 Å². The molecule has 178 valence electrons. The smallest absolute Gasteiger partial charge is 0.255 e. The summed E-state index contributed by atoms with van der Waals surface area (Å²) in [5.74, 6) is 1.52. The zero-order chi connectivity index (χ0) is 23.9. The second-order valence-corrected chi connectivity index (χ2v) is 10.2. The highest BCUT2D eigenvalue weighted by atomic mass is 16.1. The zero-order valence-corrected chi connectivity index (χ0v) is 21.1. The quantitative estimate of drug-likeness (QED) is 0.339. The maximum Gasteiger partial charge on any atom is 0.255 e. The first-order valence-electron chi connectivity index (χ1n) is 13.1. The normalized spacial score (nSPS) is 18.0. The van der Waals surface area contributed by atoms with Gasteiger partial charge in [0.1, 0.15) is 0 Å². The van der Waals surface area contributed by atoms with Gasteiger partial charge in [0.25, 0.3) is 5.91 Å². The molecule has 0 unspecified atom stereocenters. The maximum atomic E-state index is 12.8. The second-order valence-electron chi connectivity index (χ2n) is 10.2. The minimum Gasteiger partial charge on any atom is -0.322 e. The summed E-state index contributed by atoms with van der Waals surface area (Å²) in [4.78, 5) is 12.8. The molecule has 1 saturated carbocycles. The average molecular weight is 454 g/mol. The number of nitrogens with one attached hydrogen (secondary N) is 1. The minimum absolute atomic E-state index is 0.0508. The summed E-state index contributed by atoms with van der Waals surface area (Å²) < 4.78 is 0. The predicted molar refractivity (Wildman–Crippen MR) is 145 cm³/mol. The summed E-state index contributed by atoms with van der Waals surface area (Å²) in [6, 6.07) is 22.9. The van der Waals surface area contributed by atoms with Crippen LogP contribution in [-0.4, -0.2) is 5.91 Å². The molecule has 1 amide bonds. The third kappa shape index (κ3) is 6.17. The number of aryl methyl sites for hydroxylation is 2. The van der Waals surface area contributed by atoms with Gasteiger partial charge >= 0.3 is 0 Å². The third-order valence-corrected chi connectivity index (χ3v) is 7.69. The van der Waals surface area contributed by atoms with E-state index in [-0.39, 0.29) is 5.91 Å². The van der Waals surface area contributed by atoms with Crippen molar-refractivity contribution in [2.75, 3.05) is 5.32 Å². The van der Waals surface area contributed by atoms with Gasteiger partial charge in [0.2, 0.25) is 0 Å². The van der Waals surface area contributed by atoms with Crippen molar-refractivity contribution in [1.82, 2.24) is 0 Å². The van der Waals surface area contributed by atoms with Gasteiger partial charge in [-0.2, -0.15) is 0 Å². The van der Waals surface area contributed by atoms with E-state index >= 15 is 0 Å². The van der Waals surface area contributed by atoms with Crippen LogP contribution in [0.15, 0.2) is 66.7 Å². The molecule has 1 fully saturated rings. The number of rotatable bonds is 8. The van der Waals surface area contributed by atoms with Crippen LogP contribution in [0, 0.1) is 19.8 Å². The summed E-state index contributed by atoms with van der Waals surface area (Å²) in [7, 11) is 0. The lowest BCUT2D eigenvalue weighted by molar-refractivity contribution is 0.102. The van der Waals surface area contributed by atoms with Crippen LogP contribution in [0.1, 0.15) is 91.3 Å². The summed E-state index contributed by atoms with van der Waals surface area (Å²) in [5.41, 5.74) is 7.88. The van der Waals surface area contributed by atoms with Crippen LogP contribution >= 0.6 is 0 Å². The number of carbonyl (C=O) groups excluding carboxylic acids is 1. The molecule has 3 aromatic carbocycles. The Balaban J connectivity index is 1.31. The fraction of sp³-hybridized carbons (Fsp3) is 0.406. The molecule has 4 rings (SSSR count). The Labute approximate surface area is 205 Å². The molecule has 0 bridgehead atoms. The number of benzene rings is 3. The molecule has 1 N–H and O–H groups in total. The van der Waals surface area contributed by atoms with E-state index in [0.717, 1.165) is 22.7 Å². The first-order chi connectivity index (χ1) is 16.5. The lowest BCUT2D eigenvalue weighted by atomic mass is 9.77. The highest BCUT2D eigenvalue weighted by Crippen LogP contribution is 2.37. The molecule has 2 nitrogen and oxygen atoms in total. The minimum atomic E-state index is -0.0508. The summed E-state index contributed by atoms with van der Waals surface area (Å²) in [6.45, 7) is 6.55. The van der Waals surface area contributed by atoms with Crippen LogP contribution in [0.4, 0.5) is 5.69 Å². The van der Waals surface area contributed by atoms with E-state index in [0.29, 0.717) is 5.92 Å². The van der Waals surface area contributed by atoms with Crippen molar-refractivity contribution < 1.29 is 4.79 Å². The van der Waals surface area contributed by atoms with Crippen molar-refractivity contribution in [1.29, 1.82) is 0 Å². The molecule has 0 radical (unpaired) electrons. The molecule has 0 spiro atoms. The Bertz CT molecular complexity index is 1070. The van der Waals surface area contributed by atoms with E-state index in [9.17, 15) is 4.79 Å². The molecule has 1 aliphatic rings. The Morgan fingerprint density at radius 1 is 0.794 bits per heavy atom. The molecule has 0 saturated heterocycles. The van der Waals surface area contributed by atoms with E-state index in [1.165, 1.54) is 73.6 Å². The number of carbonyl (C=O) groups is 1. The first kappa shape index (κ1) is 24.3. The molecule has 34 heavy (non-hydrogen) atoms. The van der Waals surface area contributed by atoms with Crippen molar-refractivity contribution in [2.24, 2.45) is 5.92 Å². The molecule has 0 heterocycles. The monoisotopic (exact) mass is 453 g/mol. The average Bonchev–Trinajstić information content (AvgIpc) is 2.87. The molecule has 0 atom stereocenters. The van der Waals surface area contributed by atoms with Gasteiger partial charge in [-0.3, -0.25) is 4.79 Å². The van der Waals surface area contributed by atoms with Crippen LogP contribution in [0.3, 0.4) is 0 Å². The zero-order valence-electron chi connectivity index (χ0n) is 21.1. The van der Waals surface area contributed by atoms with Crippen molar-refractivity contribution in [2.45, 2.75) is 78.1 Å². The SMILES string of the molecule is CCCCCC1CCC(c2ccc(C(=O)Nc3ccc(-c4ccc(C)c(C)c4)cc3)cc2)CC1. The Hall–Kier alpha value is -2.87. The van der Waals surface area contributed by atoms with Gasteiger partial charge in [0, 0.05) is 11.3 Å². The van der Waals surface area contributed by atoms with Crippen molar-refractivity contribution in [3.8, 4) is 11.1 Å². The van der Waals surface area contributed by atoms with Gasteiger partial charge in [-0.1, -0.05) is 75.1 Å². The van der Waals surface area contributed by atoms with E-state index in [1.807, 2.05) is 24.3 Å². The maximum absolute atomic E-state index is 12.8. The largest absolute Gasteiger partial charge is 0.322 e. The predicted octanol–water partition coefficient (Wildman–Crippen LogP) is 9.08. The summed E-state index contributed by atoms with van der Waals surface area (Å²) in [5, 5.41) is 3.05. The summed E-state index contributed by atoms with van der Waals surface area (Å²) in [6.07, 6.45) is 10.8. The molecular formula is C32H39NO. The van der Waals surface area contributed by atoms with Crippen LogP contribution < -0.4 is 5.32 Å². The Kier molecular flexibility index (Phi) is 8.21. The standard InChI is InChI=1S/C32H39NO/c1-4-5-6-7-25-9-12-26(13-10-25)27-14-16-29(17-15-27)32(34)33-31-20-18-28(19-21-31)30-11-8-23(2)24(3)22-30/h8,11,14-22,25-26H,4-7,9-10,12-13H2,1-3H3,(H,33,34). The van der Waals surface area contributed by atoms with Crippen molar-refractivity contribution in [3.63, 3.8) is 0 Å². The molecule has 0 aromatic heterocycles. The fourth-order valence-electron chi connectivity index (χ4n) is 5.24. The lowest BCUT2D eigenvalue weighted by Gasteiger charge is -2.29. The van der Waals surface area contributed by atoms with Gasteiger partial charge in [-0.15, -0.1) is 0 Å². The van der Waals surface area contributed by atoms with Gasteiger partial charge in [0.05, 0.1) is 0 Å². The van der Waals surface area contributed by atoms with E-state index < -0.39 is 0 Å². The second kappa shape index (κ2) is 11.5. The van der Waals surface area contributed by atoms with E-state index in [1.54, 1.807) is 0 Å². The molecule has 1 aliphatic carbocycles. The summed E-state index contributed by atoms with van der Waals surface area (Å²) >= 11 is 0. The third-order valence-electron chi connectivity index (χ3n) is 7.69. The van der Waals surface area contributed by atoms with Crippen LogP contribution in [0.25, 0.3) is 11.1 Å². The van der Waals surface area contributed by atoms with Gasteiger partial charge < -0.3 is 5.32 Å². The fourth-order valence-corrected chi connectivity index (χ4v) is 5.24. The topological polar surface area (TPSA) is 29.1 Å².